The summed E-state index contributed by atoms with van der Waals surface area (Å²) in [5.41, 5.74) is 11.9. The van der Waals surface area contributed by atoms with Gasteiger partial charge in [0.25, 0.3) is 0 Å². The van der Waals surface area contributed by atoms with Gasteiger partial charge in [-0.05, 0) is 50.5 Å². The molecule has 2 N–H and O–H groups in total. The van der Waals surface area contributed by atoms with E-state index in [1.807, 2.05) is 32.0 Å². The molecule has 112 valence electrons. The van der Waals surface area contributed by atoms with Crippen molar-refractivity contribution in [3.8, 4) is 0 Å². The van der Waals surface area contributed by atoms with E-state index in [0.29, 0.717) is 5.75 Å². The molecule has 0 aromatic heterocycles. The minimum absolute atomic E-state index is 0.204. The second-order valence-electron chi connectivity index (χ2n) is 5.81. The quantitative estimate of drug-likeness (QED) is 0.935. The molecule has 2 atom stereocenters. The highest BCUT2D eigenvalue weighted by Gasteiger charge is 2.14. The summed E-state index contributed by atoms with van der Waals surface area (Å²) in [5, 5.41) is 0. The summed E-state index contributed by atoms with van der Waals surface area (Å²) in [6.45, 7) is 8.13. The van der Waals surface area contributed by atoms with Crippen molar-refractivity contribution in [1.29, 1.82) is 0 Å². The first kappa shape index (κ1) is 15.9. The zero-order chi connectivity index (χ0) is 15.6. The average Bonchev–Trinajstić information content (AvgIpc) is 2.40. The van der Waals surface area contributed by atoms with Crippen LogP contribution < -0.4 is 5.73 Å². The van der Waals surface area contributed by atoms with Crippen LogP contribution in [0.5, 0.6) is 0 Å². The fourth-order valence-electron chi connectivity index (χ4n) is 2.53. The summed E-state index contributed by atoms with van der Waals surface area (Å²) in [6, 6.07) is 12.1. The van der Waals surface area contributed by atoms with Crippen LogP contribution in [0.25, 0.3) is 0 Å². The predicted octanol–water partition coefficient (Wildman–Crippen LogP) is 3.73. The number of nitrogens with two attached hydrogens (primary N) is 1. The second kappa shape index (κ2) is 6.54. The topological polar surface area (TPSA) is 43.1 Å². The molecule has 2 unspecified atom stereocenters. The Balaban J connectivity index is 2.20. The van der Waals surface area contributed by atoms with Gasteiger partial charge in [0, 0.05) is 16.7 Å². The molecule has 0 saturated carbocycles. The Hall–Kier alpha value is -1.45. The Kier molecular flexibility index (Phi) is 4.96. The number of hydrogen-bond acceptors (Lipinski definition) is 2. The molecule has 2 aromatic carbocycles. The van der Waals surface area contributed by atoms with Gasteiger partial charge in [0.05, 0.1) is 10.8 Å². The number of rotatable bonds is 4. The van der Waals surface area contributed by atoms with Crippen molar-refractivity contribution in [1.82, 2.24) is 0 Å². The Morgan fingerprint density at radius 3 is 2.19 bits per heavy atom. The summed E-state index contributed by atoms with van der Waals surface area (Å²) in [6.07, 6.45) is 0. The molecule has 0 heterocycles. The maximum absolute atomic E-state index is 12.6. The van der Waals surface area contributed by atoms with Crippen LogP contribution in [0.4, 0.5) is 0 Å². The fraction of sp³-hybridized carbons (Fsp3) is 0.333. The Morgan fingerprint density at radius 2 is 1.57 bits per heavy atom. The van der Waals surface area contributed by atoms with Crippen LogP contribution in [0.3, 0.4) is 0 Å². The van der Waals surface area contributed by atoms with Crippen LogP contribution in [0.1, 0.15) is 33.9 Å². The maximum Gasteiger partial charge on any atom is 0.0551 e. The van der Waals surface area contributed by atoms with E-state index in [9.17, 15) is 4.21 Å². The van der Waals surface area contributed by atoms with Gasteiger partial charge in [-0.15, -0.1) is 0 Å². The van der Waals surface area contributed by atoms with Gasteiger partial charge in [-0.3, -0.25) is 4.21 Å². The summed E-state index contributed by atoms with van der Waals surface area (Å²) >= 11 is 0. The SMILES string of the molecule is Cc1cc(C)cc(C(N)CS(=O)c2cc(C)ccc2C)c1. The van der Waals surface area contributed by atoms with Crippen molar-refractivity contribution in [3.05, 3.63) is 64.2 Å². The van der Waals surface area contributed by atoms with E-state index in [-0.39, 0.29) is 6.04 Å². The fourth-order valence-corrected chi connectivity index (χ4v) is 3.97. The normalized spacial score (nSPS) is 14.0. The lowest BCUT2D eigenvalue weighted by molar-refractivity contribution is 0.674. The molecule has 0 radical (unpaired) electrons. The average molecular weight is 301 g/mol. The monoisotopic (exact) mass is 301 g/mol. The lowest BCUT2D eigenvalue weighted by Crippen LogP contribution is -2.19. The van der Waals surface area contributed by atoms with Crippen LogP contribution in [0, 0.1) is 27.7 Å². The van der Waals surface area contributed by atoms with Crippen molar-refractivity contribution < 1.29 is 4.21 Å². The Bertz CT molecular complexity index is 659. The molecular weight excluding hydrogens is 278 g/mol. The van der Waals surface area contributed by atoms with Gasteiger partial charge < -0.3 is 5.73 Å². The zero-order valence-corrected chi connectivity index (χ0v) is 14.0. The van der Waals surface area contributed by atoms with E-state index < -0.39 is 10.8 Å². The lowest BCUT2D eigenvalue weighted by Gasteiger charge is -2.15. The summed E-state index contributed by atoms with van der Waals surface area (Å²) in [7, 11) is -1.07. The van der Waals surface area contributed by atoms with Gasteiger partial charge in [0.15, 0.2) is 0 Å². The van der Waals surface area contributed by atoms with Gasteiger partial charge in [-0.25, -0.2) is 0 Å². The zero-order valence-electron chi connectivity index (χ0n) is 13.1. The smallest absolute Gasteiger partial charge is 0.0551 e. The largest absolute Gasteiger partial charge is 0.323 e. The van der Waals surface area contributed by atoms with Crippen LogP contribution in [0.15, 0.2) is 41.3 Å². The number of hydrogen-bond donors (Lipinski definition) is 1. The molecule has 21 heavy (non-hydrogen) atoms. The first-order valence-electron chi connectivity index (χ1n) is 7.16. The molecule has 0 aliphatic heterocycles. The molecule has 2 aromatic rings. The summed E-state index contributed by atoms with van der Waals surface area (Å²) < 4.78 is 12.6. The van der Waals surface area contributed by atoms with E-state index >= 15 is 0 Å². The second-order valence-corrected chi connectivity index (χ2v) is 7.27. The predicted molar refractivity (Wildman–Crippen MR) is 90.0 cm³/mol. The third kappa shape index (κ3) is 4.02. The van der Waals surface area contributed by atoms with Crippen LogP contribution in [-0.2, 0) is 10.8 Å². The third-order valence-corrected chi connectivity index (χ3v) is 5.18. The van der Waals surface area contributed by atoms with Crippen molar-refractivity contribution in [2.75, 3.05) is 5.75 Å². The highest BCUT2D eigenvalue weighted by molar-refractivity contribution is 7.85. The minimum atomic E-state index is -1.07. The highest BCUT2D eigenvalue weighted by atomic mass is 32.2. The minimum Gasteiger partial charge on any atom is -0.323 e. The first-order chi connectivity index (χ1) is 9.86. The van der Waals surface area contributed by atoms with Gasteiger partial charge in [0.2, 0.25) is 0 Å². The molecule has 0 fully saturated rings. The van der Waals surface area contributed by atoms with Gasteiger partial charge in [0.1, 0.15) is 0 Å². The van der Waals surface area contributed by atoms with Crippen molar-refractivity contribution in [2.45, 2.75) is 38.6 Å². The van der Waals surface area contributed by atoms with E-state index in [0.717, 1.165) is 21.6 Å². The van der Waals surface area contributed by atoms with Gasteiger partial charge in [-0.2, -0.15) is 0 Å². The number of aryl methyl sites for hydroxylation is 4. The maximum atomic E-state index is 12.6. The summed E-state index contributed by atoms with van der Waals surface area (Å²) in [4.78, 5) is 0.898. The van der Waals surface area contributed by atoms with Crippen LogP contribution in [-0.4, -0.2) is 9.96 Å². The molecular formula is C18H23NOS. The van der Waals surface area contributed by atoms with Crippen molar-refractivity contribution in [2.24, 2.45) is 5.73 Å². The van der Waals surface area contributed by atoms with Crippen molar-refractivity contribution >= 4 is 10.8 Å². The lowest BCUT2D eigenvalue weighted by atomic mass is 10.0. The molecule has 0 bridgehead atoms. The van der Waals surface area contributed by atoms with Crippen LogP contribution in [0.2, 0.25) is 0 Å². The molecule has 2 nitrogen and oxygen atoms in total. The first-order valence-corrected chi connectivity index (χ1v) is 8.48. The molecule has 3 heteroatoms. The van der Waals surface area contributed by atoms with Crippen molar-refractivity contribution in [3.63, 3.8) is 0 Å². The molecule has 0 amide bonds. The molecule has 2 rings (SSSR count). The molecule has 0 saturated heterocycles. The van der Waals surface area contributed by atoms with E-state index in [4.69, 9.17) is 5.73 Å². The Labute approximate surface area is 129 Å². The van der Waals surface area contributed by atoms with E-state index in [2.05, 4.69) is 32.0 Å². The highest BCUT2D eigenvalue weighted by Crippen LogP contribution is 2.21. The van der Waals surface area contributed by atoms with E-state index in [1.165, 1.54) is 11.1 Å². The Morgan fingerprint density at radius 1 is 0.952 bits per heavy atom. The van der Waals surface area contributed by atoms with E-state index in [1.54, 1.807) is 0 Å². The molecule has 0 aliphatic carbocycles. The molecule has 0 spiro atoms. The van der Waals surface area contributed by atoms with Gasteiger partial charge in [-0.1, -0.05) is 41.5 Å². The van der Waals surface area contributed by atoms with Crippen LogP contribution >= 0.6 is 0 Å². The standard InChI is InChI=1S/C18H23NOS/c1-12-5-6-15(4)18(10-12)21(20)11-17(19)16-8-13(2)7-14(3)9-16/h5-10,17H,11,19H2,1-4H3. The number of benzene rings is 2. The third-order valence-electron chi connectivity index (χ3n) is 3.59. The van der Waals surface area contributed by atoms with Gasteiger partial charge >= 0.3 is 0 Å². The molecule has 0 aliphatic rings. The summed E-state index contributed by atoms with van der Waals surface area (Å²) in [5.74, 6) is 0.452.